The van der Waals surface area contributed by atoms with Gasteiger partial charge in [0.25, 0.3) is 0 Å². The maximum Gasteiger partial charge on any atom is 0.236 e. The van der Waals surface area contributed by atoms with Crippen molar-refractivity contribution < 1.29 is 14.3 Å². The zero-order valence-corrected chi connectivity index (χ0v) is 18.5. The normalized spacial score (nSPS) is 21.7. The molecule has 2 unspecified atom stereocenters. The molecule has 1 amide bonds. The molecule has 29 heavy (non-hydrogen) atoms. The summed E-state index contributed by atoms with van der Waals surface area (Å²) in [6.07, 6.45) is 1.30. The fraction of sp³-hybridized carbons (Fsp3) is 0.524. The van der Waals surface area contributed by atoms with Gasteiger partial charge in [0.05, 0.1) is 11.4 Å². The highest BCUT2D eigenvalue weighted by atomic mass is 32.2. The first-order chi connectivity index (χ1) is 14.0. The lowest BCUT2D eigenvalue weighted by molar-refractivity contribution is -0.113. The summed E-state index contributed by atoms with van der Waals surface area (Å²) in [7, 11) is 0. The van der Waals surface area contributed by atoms with Gasteiger partial charge in [-0.15, -0.1) is 23.1 Å². The summed E-state index contributed by atoms with van der Waals surface area (Å²) in [4.78, 5) is 20.4. The second-order valence-corrected chi connectivity index (χ2v) is 9.83. The number of nitrogens with one attached hydrogen (secondary N) is 1. The Morgan fingerprint density at radius 2 is 2.00 bits per heavy atom. The van der Waals surface area contributed by atoms with Crippen LogP contribution in [0.25, 0.3) is 0 Å². The minimum absolute atomic E-state index is 0.0500. The molecule has 0 aliphatic carbocycles. The van der Waals surface area contributed by atoms with Crippen molar-refractivity contribution in [1.82, 2.24) is 9.88 Å². The number of carbonyl (C=O) groups excluding carboxylic acids is 1. The van der Waals surface area contributed by atoms with Crippen molar-refractivity contribution in [2.45, 2.75) is 31.7 Å². The number of rotatable bonds is 6. The molecule has 2 aliphatic rings. The molecule has 0 saturated carbocycles. The number of hydrogen-bond acceptors (Lipinski definition) is 7. The van der Waals surface area contributed by atoms with Crippen molar-refractivity contribution in [3.8, 4) is 11.5 Å². The first kappa shape index (κ1) is 20.5. The number of nitrogens with zero attached hydrogens (tertiary/aromatic N) is 2. The van der Waals surface area contributed by atoms with Gasteiger partial charge in [0.2, 0.25) is 5.91 Å². The molecule has 3 heterocycles. The van der Waals surface area contributed by atoms with Gasteiger partial charge in [-0.3, -0.25) is 9.69 Å². The maximum atomic E-state index is 12.3. The van der Waals surface area contributed by atoms with Crippen LogP contribution in [0.4, 0.5) is 5.13 Å². The summed E-state index contributed by atoms with van der Waals surface area (Å²) in [6, 6.07) is 5.77. The molecule has 1 aromatic carbocycles. The molecule has 1 saturated heterocycles. The number of hydrogen-bond donors (Lipinski definition) is 1. The summed E-state index contributed by atoms with van der Waals surface area (Å²) >= 11 is 2.97. The molecule has 2 aromatic rings. The molecular formula is C21H27N3O3S2. The topological polar surface area (TPSA) is 63.7 Å². The van der Waals surface area contributed by atoms with E-state index < -0.39 is 0 Å². The predicted molar refractivity (Wildman–Crippen MR) is 117 cm³/mol. The summed E-state index contributed by atoms with van der Waals surface area (Å²) < 4.78 is 11.1. The largest absolute Gasteiger partial charge is 0.486 e. The van der Waals surface area contributed by atoms with Gasteiger partial charge in [-0.1, -0.05) is 13.8 Å². The Labute approximate surface area is 180 Å². The average Bonchev–Trinajstić information content (AvgIpc) is 3.12. The Balaban J connectivity index is 1.26. The number of fused-ring (bicyclic) bond motifs is 1. The molecule has 0 bridgehead atoms. The number of thioether (sulfide) groups is 1. The van der Waals surface area contributed by atoms with Crippen LogP contribution in [0.5, 0.6) is 11.5 Å². The van der Waals surface area contributed by atoms with Crippen LogP contribution in [-0.2, 0) is 11.3 Å². The average molecular weight is 434 g/mol. The van der Waals surface area contributed by atoms with Crippen LogP contribution in [0.3, 0.4) is 0 Å². The van der Waals surface area contributed by atoms with Crippen LogP contribution in [0, 0.1) is 11.8 Å². The third-order valence-electron chi connectivity index (χ3n) is 5.01. The molecule has 1 aromatic heterocycles. The minimum Gasteiger partial charge on any atom is -0.486 e. The first-order valence-corrected chi connectivity index (χ1v) is 11.9. The van der Waals surface area contributed by atoms with Gasteiger partial charge >= 0.3 is 0 Å². The van der Waals surface area contributed by atoms with E-state index in [1.54, 1.807) is 0 Å². The van der Waals surface area contributed by atoms with Crippen molar-refractivity contribution in [3.05, 3.63) is 29.3 Å². The third-order valence-corrected chi connectivity index (χ3v) is 6.81. The van der Waals surface area contributed by atoms with Crippen LogP contribution in [0.2, 0.25) is 0 Å². The van der Waals surface area contributed by atoms with E-state index in [4.69, 9.17) is 9.47 Å². The van der Waals surface area contributed by atoms with Gasteiger partial charge < -0.3 is 14.8 Å². The minimum atomic E-state index is -0.0500. The van der Waals surface area contributed by atoms with Crippen molar-refractivity contribution in [2.24, 2.45) is 11.8 Å². The van der Waals surface area contributed by atoms with E-state index in [0.29, 0.717) is 24.1 Å². The summed E-state index contributed by atoms with van der Waals surface area (Å²) in [6.45, 7) is 8.86. The smallest absolute Gasteiger partial charge is 0.236 e. The standard InChI is InChI=1S/C21H27N3O3S2/c1-14-7-15(2)10-24(9-14)11-16-12-29-21(22-16)23-20(25)13-28-17-3-4-18-19(8-17)27-6-5-26-18/h3-4,8,12,14-15H,5-7,9-11,13H2,1-2H3,(H,22,23,25). The van der Waals surface area contributed by atoms with Gasteiger partial charge in [0.1, 0.15) is 13.2 Å². The van der Waals surface area contributed by atoms with E-state index in [9.17, 15) is 4.79 Å². The third kappa shape index (κ3) is 5.65. The zero-order valence-electron chi connectivity index (χ0n) is 16.8. The summed E-state index contributed by atoms with van der Waals surface area (Å²) in [5, 5.41) is 5.64. The summed E-state index contributed by atoms with van der Waals surface area (Å²) in [5.41, 5.74) is 1.03. The van der Waals surface area contributed by atoms with Gasteiger partial charge in [0.15, 0.2) is 16.6 Å². The van der Waals surface area contributed by atoms with Gasteiger partial charge in [-0.05, 0) is 36.5 Å². The number of piperidine rings is 1. The number of thiazole rings is 1. The maximum absolute atomic E-state index is 12.3. The second kappa shape index (κ2) is 9.36. The predicted octanol–water partition coefficient (Wildman–Crippen LogP) is 4.12. The first-order valence-electron chi connectivity index (χ1n) is 10.0. The number of benzene rings is 1. The molecule has 0 spiro atoms. The number of anilines is 1. The van der Waals surface area contributed by atoms with Crippen LogP contribution in [0.15, 0.2) is 28.5 Å². The van der Waals surface area contributed by atoms with E-state index in [1.165, 1.54) is 29.5 Å². The molecule has 6 nitrogen and oxygen atoms in total. The highest BCUT2D eigenvalue weighted by molar-refractivity contribution is 8.00. The summed E-state index contributed by atoms with van der Waals surface area (Å²) in [5.74, 6) is 3.25. The molecular weight excluding hydrogens is 406 g/mol. The van der Waals surface area contributed by atoms with E-state index in [-0.39, 0.29) is 5.91 Å². The van der Waals surface area contributed by atoms with E-state index in [0.717, 1.165) is 53.6 Å². The van der Waals surface area contributed by atoms with Gasteiger partial charge in [-0.2, -0.15) is 0 Å². The van der Waals surface area contributed by atoms with Crippen LogP contribution < -0.4 is 14.8 Å². The fourth-order valence-corrected chi connectivity index (χ4v) is 5.45. The molecule has 2 aliphatic heterocycles. The number of aromatic nitrogens is 1. The highest BCUT2D eigenvalue weighted by Gasteiger charge is 2.22. The van der Waals surface area contributed by atoms with Crippen molar-refractivity contribution in [2.75, 3.05) is 37.4 Å². The van der Waals surface area contributed by atoms with Crippen molar-refractivity contribution >= 4 is 34.1 Å². The Hall–Kier alpha value is -1.77. The number of amides is 1. The lowest BCUT2D eigenvalue weighted by atomic mass is 9.92. The molecule has 8 heteroatoms. The fourth-order valence-electron chi connectivity index (χ4n) is 4.00. The number of likely N-dealkylation sites (tertiary alicyclic amines) is 1. The van der Waals surface area contributed by atoms with Crippen molar-refractivity contribution in [1.29, 1.82) is 0 Å². The molecule has 1 fully saturated rings. The SMILES string of the molecule is CC1CC(C)CN(Cc2csc(NC(=O)CSc3ccc4c(c3)OCCO4)n2)C1. The zero-order chi connectivity index (χ0) is 20.2. The number of ether oxygens (including phenoxy) is 2. The highest BCUT2D eigenvalue weighted by Crippen LogP contribution is 2.34. The Morgan fingerprint density at radius 3 is 2.79 bits per heavy atom. The molecule has 0 radical (unpaired) electrons. The van der Waals surface area contributed by atoms with Crippen LogP contribution >= 0.6 is 23.1 Å². The Bertz CT molecular complexity index is 847. The molecule has 1 N–H and O–H groups in total. The van der Waals surface area contributed by atoms with Crippen LogP contribution in [-0.4, -0.2) is 47.8 Å². The van der Waals surface area contributed by atoms with Crippen LogP contribution in [0.1, 0.15) is 26.0 Å². The van der Waals surface area contributed by atoms with Gasteiger partial charge in [0, 0.05) is 29.9 Å². The Kier molecular flexibility index (Phi) is 6.62. The Morgan fingerprint density at radius 1 is 1.24 bits per heavy atom. The van der Waals surface area contributed by atoms with Crippen molar-refractivity contribution in [3.63, 3.8) is 0 Å². The van der Waals surface area contributed by atoms with E-state index in [2.05, 4.69) is 29.0 Å². The molecule has 156 valence electrons. The monoisotopic (exact) mass is 433 g/mol. The number of carbonyl (C=O) groups is 1. The second-order valence-electron chi connectivity index (χ2n) is 7.93. The van der Waals surface area contributed by atoms with E-state index in [1.807, 2.05) is 23.6 Å². The van der Waals surface area contributed by atoms with E-state index >= 15 is 0 Å². The lowest BCUT2D eigenvalue weighted by Gasteiger charge is -2.34. The lowest BCUT2D eigenvalue weighted by Crippen LogP contribution is -2.38. The molecule has 4 rings (SSSR count). The van der Waals surface area contributed by atoms with Gasteiger partial charge in [-0.25, -0.2) is 4.98 Å². The molecule has 2 atom stereocenters. The quantitative estimate of drug-likeness (QED) is 0.692.